The number of benzene rings is 8. The van der Waals surface area contributed by atoms with Crippen LogP contribution in [0.5, 0.6) is 40.4 Å². The van der Waals surface area contributed by atoms with Gasteiger partial charge >= 0.3 is 0 Å². The van der Waals surface area contributed by atoms with Gasteiger partial charge in [-0.25, -0.2) is 4.98 Å². The van der Waals surface area contributed by atoms with Crippen LogP contribution >= 0.6 is 0 Å². The number of methoxy groups -OCH3 is 2. The third kappa shape index (κ3) is 18.1. The molecular formula is C85H80N14O8. The molecule has 0 unspecified atom stereocenters. The summed E-state index contributed by atoms with van der Waals surface area (Å²) in [6.45, 7) is 19.0. The van der Waals surface area contributed by atoms with Gasteiger partial charge in [0, 0.05) is 138 Å². The average Bonchev–Trinajstić information content (AvgIpc) is 1.60. The molecule has 22 heteroatoms. The number of nitrogens with zero attached hydrogens (tertiary/aromatic N) is 13. The van der Waals surface area contributed by atoms with E-state index in [9.17, 15) is 20.6 Å². The highest BCUT2D eigenvalue weighted by atomic mass is 16.6. The Morgan fingerprint density at radius 3 is 1.41 bits per heavy atom. The first-order chi connectivity index (χ1) is 52.1. The Balaban J connectivity index is 0.000000146. The number of nitrogens with one attached hydrogen (secondary N) is 1. The van der Waals surface area contributed by atoms with E-state index in [0.717, 1.165) is 135 Å². The fraction of sp³-hybridized carbons (Fsp3) is 0.212. The molecule has 0 aliphatic heterocycles. The standard InChI is InChI=1S/C23H18N4O4.C18H16N2O.C15H12N4O.C15H18N2O.C14H16N2O/c1-30-18-8-3-15(4-9-18)25-23-21(14-24)20-12-7-17(27(28)29)13-22(20)26(23)16-5-10-19(31-2)11-6-16;1-2-20-12-15(11-19)17-9-8-16(10-18(17)20)21-13-14-6-4-3-5-7-14;1-2-19-10-11(8-16)13-4-3-12(7-14(13)19)20-15-9-17-5-6-18-15;1-3-5-8-18-13-6-7-14-12(10-16)11-17(4-2)15(14)9-13;1-4-16-9-11(8-15)13-6-5-12(7-14(13)16)17-10(2)3/h3-13,25H,1-2H3;3-10,12H,2,13H2,1H3;3-7,9-10H,2H2,1H3;6-7,9,11H,3-5,8H2,1-2H3;5-7,9-10H,4H2,1-3H3. The second-order valence-electron chi connectivity index (χ2n) is 24.4. The summed E-state index contributed by atoms with van der Waals surface area (Å²) in [5, 5.41) is 65.6. The van der Waals surface area contributed by atoms with Crippen molar-refractivity contribution < 1.29 is 33.3 Å². The van der Waals surface area contributed by atoms with Crippen molar-refractivity contribution in [2.24, 2.45) is 0 Å². The lowest BCUT2D eigenvalue weighted by Gasteiger charge is -2.14. The normalized spacial score (nSPS) is 10.5. The summed E-state index contributed by atoms with van der Waals surface area (Å²) in [6.07, 6.45) is 14.6. The number of hydrogen-bond donors (Lipinski definition) is 1. The predicted octanol–water partition coefficient (Wildman–Crippen LogP) is 19.4. The number of fused-ring (bicyclic) bond motifs is 5. The quantitative estimate of drug-likeness (QED) is 0.0397. The fourth-order valence-corrected chi connectivity index (χ4v) is 12.0. The zero-order valence-corrected chi connectivity index (χ0v) is 61.0. The van der Waals surface area contributed by atoms with Gasteiger partial charge in [0.1, 0.15) is 82.8 Å². The van der Waals surface area contributed by atoms with E-state index in [4.69, 9.17) is 44.2 Å². The maximum atomic E-state index is 11.4. The summed E-state index contributed by atoms with van der Waals surface area (Å²) in [5.41, 5.74) is 10.5. The van der Waals surface area contributed by atoms with Gasteiger partial charge < -0.3 is 52.0 Å². The van der Waals surface area contributed by atoms with Gasteiger partial charge in [-0.05, 0) is 157 Å². The summed E-state index contributed by atoms with van der Waals surface area (Å²) in [4.78, 5) is 19.0. The van der Waals surface area contributed by atoms with Gasteiger partial charge in [-0.3, -0.25) is 19.7 Å². The van der Waals surface area contributed by atoms with E-state index in [2.05, 4.69) is 87.0 Å². The Bertz CT molecular complexity index is 5630. The molecule has 107 heavy (non-hydrogen) atoms. The molecule has 8 aromatic carbocycles. The number of nitro benzene ring substituents is 1. The van der Waals surface area contributed by atoms with E-state index in [0.29, 0.717) is 63.1 Å². The summed E-state index contributed by atoms with van der Waals surface area (Å²) in [7, 11) is 3.17. The molecule has 14 aromatic rings. The van der Waals surface area contributed by atoms with E-state index < -0.39 is 4.92 Å². The molecule has 0 aliphatic carbocycles. The lowest BCUT2D eigenvalue weighted by Crippen LogP contribution is -2.05. The molecular weight excluding hydrogens is 1350 g/mol. The van der Waals surface area contributed by atoms with Crippen LogP contribution in [0.4, 0.5) is 17.2 Å². The van der Waals surface area contributed by atoms with Crippen molar-refractivity contribution in [3.05, 3.63) is 257 Å². The van der Waals surface area contributed by atoms with Gasteiger partial charge in [-0.2, -0.15) is 26.3 Å². The number of unbranched alkanes of at least 4 members (excludes halogenated alkanes) is 1. The number of anilines is 2. The lowest BCUT2D eigenvalue weighted by molar-refractivity contribution is -0.384. The van der Waals surface area contributed by atoms with E-state index in [1.54, 1.807) is 67.7 Å². The Morgan fingerprint density at radius 2 is 0.963 bits per heavy atom. The van der Waals surface area contributed by atoms with Crippen molar-refractivity contribution >= 4 is 71.7 Å². The maximum absolute atomic E-state index is 11.4. The Kier molecular flexibility index (Phi) is 25.6. The van der Waals surface area contributed by atoms with Crippen LogP contribution in [-0.4, -0.2) is 64.7 Å². The molecule has 0 atom stereocenters. The highest BCUT2D eigenvalue weighted by Crippen LogP contribution is 2.38. The third-order valence-electron chi connectivity index (χ3n) is 17.4. The summed E-state index contributed by atoms with van der Waals surface area (Å²) < 4.78 is 43.4. The van der Waals surface area contributed by atoms with Gasteiger partial charge in [0.25, 0.3) is 5.69 Å². The second-order valence-corrected chi connectivity index (χ2v) is 24.4. The number of rotatable bonds is 21. The van der Waals surface area contributed by atoms with Crippen molar-refractivity contribution in [1.82, 2.24) is 32.8 Å². The lowest BCUT2D eigenvalue weighted by atomic mass is 10.1. The molecule has 1 N–H and O–H groups in total. The van der Waals surface area contributed by atoms with Gasteiger partial charge in [-0.15, -0.1) is 0 Å². The van der Waals surface area contributed by atoms with Crippen LogP contribution in [0, 0.1) is 66.8 Å². The maximum Gasteiger partial charge on any atom is 0.271 e. The first-order valence-electron chi connectivity index (χ1n) is 34.9. The molecule has 0 saturated carbocycles. The number of hydrogen-bond acceptors (Lipinski definition) is 16. The molecule has 0 aliphatic rings. The van der Waals surface area contributed by atoms with Crippen molar-refractivity contribution in [1.29, 1.82) is 26.3 Å². The average molecular weight is 1430 g/mol. The van der Waals surface area contributed by atoms with E-state index in [-0.39, 0.29) is 11.8 Å². The predicted molar refractivity (Wildman–Crippen MR) is 416 cm³/mol. The van der Waals surface area contributed by atoms with Crippen molar-refractivity contribution in [3.63, 3.8) is 0 Å². The molecule has 0 radical (unpaired) electrons. The highest BCUT2D eigenvalue weighted by Gasteiger charge is 2.22. The number of nitro groups is 1. The number of nitriles is 5. The second kappa shape index (κ2) is 36.2. The molecule has 6 aromatic heterocycles. The van der Waals surface area contributed by atoms with Crippen LogP contribution < -0.4 is 33.7 Å². The van der Waals surface area contributed by atoms with Gasteiger partial charge in [0.05, 0.1) is 87.9 Å². The summed E-state index contributed by atoms with van der Waals surface area (Å²) in [6, 6.07) is 63.6. The molecule has 22 nitrogen and oxygen atoms in total. The molecule has 14 rings (SSSR count). The molecule has 538 valence electrons. The Labute approximate surface area is 620 Å². The Hall–Kier alpha value is -14.0. The molecule has 0 bridgehead atoms. The van der Waals surface area contributed by atoms with Crippen LogP contribution in [0.2, 0.25) is 0 Å². The van der Waals surface area contributed by atoms with Crippen molar-refractivity contribution in [2.75, 3.05) is 26.1 Å². The zero-order valence-electron chi connectivity index (χ0n) is 61.0. The minimum atomic E-state index is -0.451. The molecule has 0 fully saturated rings. The summed E-state index contributed by atoms with van der Waals surface area (Å²) >= 11 is 0. The van der Waals surface area contributed by atoms with E-state index in [1.807, 2.05) is 178 Å². The van der Waals surface area contributed by atoms with Crippen LogP contribution in [-0.2, 0) is 32.8 Å². The minimum absolute atomic E-state index is 0.0553. The van der Waals surface area contributed by atoms with Gasteiger partial charge in [0.15, 0.2) is 0 Å². The minimum Gasteiger partial charge on any atom is -0.497 e. The van der Waals surface area contributed by atoms with E-state index in [1.165, 1.54) is 12.1 Å². The molecule has 6 heterocycles. The third-order valence-corrected chi connectivity index (χ3v) is 17.4. The van der Waals surface area contributed by atoms with Crippen LogP contribution in [0.25, 0.3) is 60.2 Å². The molecule has 0 amide bonds. The smallest absolute Gasteiger partial charge is 0.271 e. The number of aryl methyl sites for hydroxylation is 4. The van der Waals surface area contributed by atoms with Crippen LogP contribution in [0.1, 0.15) is 94.7 Å². The number of aromatic nitrogens is 7. The highest BCUT2D eigenvalue weighted by molar-refractivity contribution is 5.97. The van der Waals surface area contributed by atoms with Gasteiger partial charge in [0.2, 0.25) is 5.88 Å². The van der Waals surface area contributed by atoms with Crippen molar-refractivity contribution in [3.8, 4) is 76.4 Å². The largest absolute Gasteiger partial charge is 0.497 e. The van der Waals surface area contributed by atoms with Crippen LogP contribution in [0.3, 0.4) is 0 Å². The fourth-order valence-electron chi connectivity index (χ4n) is 12.0. The van der Waals surface area contributed by atoms with E-state index >= 15 is 0 Å². The zero-order chi connectivity index (χ0) is 75.9. The Morgan fingerprint density at radius 1 is 0.505 bits per heavy atom. The topological polar surface area (TPSA) is 280 Å². The van der Waals surface area contributed by atoms with Gasteiger partial charge in [-0.1, -0.05) is 43.7 Å². The SMILES string of the molecule is CCCCOc1ccc2c(C#N)cn(CC)c2c1.CCn1cc(C#N)c2ccc(OC(C)C)cc21.CCn1cc(C#N)c2ccc(OCc3ccccc3)cc21.CCn1cc(C#N)c2ccc(Oc3cnccn3)cc21.COc1ccc(Nc2c(C#N)c3ccc([N+](=O)[O-])cc3n2-c2ccc(OC)cc2)cc1. The first-order valence-corrected chi connectivity index (χ1v) is 34.9. The molecule has 0 saturated heterocycles. The number of non-ortho nitro benzene ring substituents is 1. The van der Waals surface area contributed by atoms with Crippen molar-refractivity contribution in [2.45, 2.75) is 100 Å². The van der Waals surface area contributed by atoms with Crippen LogP contribution in [0.15, 0.2) is 213 Å². The molecule has 0 spiro atoms. The first kappa shape index (κ1) is 75.6. The summed E-state index contributed by atoms with van der Waals surface area (Å²) in [5.74, 6) is 5.57. The number of ether oxygens (including phenoxy) is 6. The monoisotopic (exact) mass is 1420 g/mol.